The normalized spacial score (nSPS) is 11.0. The molecule has 0 amide bonds. The van der Waals surface area contributed by atoms with E-state index in [1.54, 1.807) is 13.0 Å². The number of rotatable bonds is 9. The van der Waals surface area contributed by atoms with E-state index >= 15 is 0 Å². The summed E-state index contributed by atoms with van der Waals surface area (Å²) in [6, 6.07) is 17.5. The van der Waals surface area contributed by atoms with E-state index in [2.05, 4.69) is 0 Å². The van der Waals surface area contributed by atoms with Crippen LogP contribution in [0.5, 0.6) is 17.2 Å². The number of hydrogen-bond acceptors (Lipinski definition) is 5. The van der Waals surface area contributed by atoms with Gasteiger partial charge in [0.1, 0.15) is 17.2 Å². The molecule has 0 saturated carbocycles. The van der Waals surface area contributed by atoms with Crippen molar-refractivity contribution in [1.29, 1.82) is 0 Å². The van der Waals surface area contributed by atoms with Crippen molar-refractivity contribution in [3.63, 3.8) is 0 Å². The Balaban J connectivity index is 1.92. The molecule has 0 fully saturated rings. The lowest BCUT2D eigenvalue weighted by Crippen LogP contribution is -2.05. The second kappa shape index (κ2) is 11.1. The molecule has 5 heteroatoms. The summed E-state index contributed by atoms with van der Waals surface area (Å²) < 4.78 is 10.9. The van der Waals surface area contributed by atoms with E-state index in [1.807, 2.05) is 68.4 Å². The second-order valence-electron chi connectivity index (χ2n) is 7.47. The van der Waals surface area contributed by atoms with Gasteiger partial charge in [0.25, 0.3) is 0 Å². The molecule has 0 unspecified atom stereocenters. The van der Waals surface area contributed by atoms with Crippen LogP contribution in [0, 0.1) is 6.92 Å². The van der Waals surface area contributed by atoms with Gasteiger partial charge in [-0.1, -0.05) is 43.7 Å². The molecule has 1 aromatic heterocycles. The van der Waals surface area contributed by atoms with Crippen molar-refractivity contribution in [1.82, 2.24) is 4.98 Å². The molecule has 0 radical (unpaired) electrons. The maximum atomic E-state index is 11.8. The number of aryl methyl sites for hydroxylation is 1. The third-order valence-corrected chi connectivity index (χ3v) is 5.04. The van der Waals surface area contributed by atoms with Crippen LogP contribution >= 0.6 is 0 Å². The Bertz CT molecular complexity index is 1090. The zero-order valence-corrected chi connectivity index (χ0v) is 18.8. The minimum atomic E-state index is -0.438. The highest BCUT2D eigenvalue weighted by atomic mass is 16.5. The van der Waals surface area contributed by atoms with Crippen molar-refractivity contribution >= 4 is 12.0 Å². The fraction of sp³-hybridized carbons (Fsp3) is 0.259. The summed E-state index contributed by atoms with van der Waals surface area (Å²) in [5.74, 6) is 1.21. The van der Waals surface area contributed by atoms with Gasteiger partial charge in [0.05, 0.1) is 12.3 Å². The summed E-state index contributed by atoms with van der Waals surface area (Å²) in [6.45, 7) is 6.01. The first-order valence-corrected chi connectivity index (χ1v) is 10.9. The maximum Gasteiger partial charge on any atom is 0.330 e. The summed E-state index contributed by atoms with van der Waals surface area (Å²) in [6.07, 6.45) is 5.04. The first kappa shape index (κ1) is 23.1. The van der Waals surface area contributed by atoms with E-state index < -0.39 is 5.97 Å². The van der Waals surface area contributed by atoms with Gasteiger partial charge in [0, 0.05) is 23.8 Å². The predicted octanol–water partition coefficient (Wildman–Crippen LogP) is 6.01. The number of carbonyl (C=O) groups is 1. The van der Waals surface area contributed by atoms with Crippen LogP contribution in [0.15, 0.2) is 60.7 Å². The number of para-hydroxylation sites is 1. The number of esters is 1. The summed E-state index contributed by atoms with van der Waals surface area (Å²) in [7, 11) is 0. The molecule has 1 heterocycles. The van der Waals surface area contributed by atoms with Gasteiger partial charge < -0.3 is 14.6 Å². The number of benzene rings is 2. The molecule has 166 valence electrons. The highest BCUT2D eigenvalue weighted by molar-refractivity contribution is 5.88. The van der Waals surface area contributed by atoms with Crippen molar-refractivity contribution in [3.8, 4) is 17.2 Å². The minimum Gasteiger partial charge on any atom is -0.505 e. The molecular formula is C27H29NO4. The van der Waals surface area contributed by atoms with Crippen LogP contribution in [-0.4, -0.2) is 22.7 Å². The number of hydrogen-bond donors (Lipinski definition) is 1. The van der Waals surface area contributed by atoms with Gasteiger partial charge in [-0.05, 0) is 61.7 Å². The monoisotopic (exact) mass is 431 g/mol. The molecule has 0 bridgehead atoms. The smallest absolute Gasteiger partial charge is 0.330 e. The third-order valence-electron chi connectivity index (χ3n) is 5.04. The van der Waals surface area contributed by atoms with Crippen molar-refractivity contribution in [2.24, 2.45) is 0 Å². The van der Waals surface area contributed by atoms with Gasteiger partial charge in [-0.15, -0.1) is 0 Å². The molecule has 0 aliphatic rings. The summed E-state index contributed by atoms with van der Waals surface area (Å²) in [5, 5.41) is 10.8. The van der Waals surface area contributed by atoms with Crippen molar-refractivity contribution < 1.29 is 19.4 Å². The van der Waals surface area contributed by atoms with Crippen molar-refractivity contribution in [3.05, 3.63) is 88.8 Å². The molecule has 2 aromatic carbocycles. The average Bonchev–Trinajstić information content (AvgIpc) is 2.78. The number of aromatic nitrogens is 1. The molecule has 0 aliphatic carbocycles. The molecule has 0 spiro atoms. The van der Waals surface area contributed by atoms with Gasteiger partial charge in [-0.25, -0.2) is 4.79 Å². The molecule has 0 aliphatic heterocycles. The molecule has 1 N–H and O–H groups in total. The van der Waals surface area contributed by atoms with E-state index in [4.69, 9.17) is 14.5 Å². The van der Waals surface area contributed by atoms with E-state index in [1.165, 1.54) is 6.08 Å². The highest BCUT2D eigenvalue weighted by Gasteiger charge is 2.16. The highest BCUT2D eigenvalue weighted by Crippen LogP contribution is 2.30. The Kier molecular flexibility index (Phi) is 8.03. The second-order valence-corrected chi connectivity index (χ2v) is 7.47. The van der Waals surface area contributed by atoms with E-state index in [0.29, 0.717) is 30.7 Å². The van der Waals surface area contributed by atoms with Crippen LogP contribution in [0.25, 0.3) is 6.08 Å². The Morgan fingerprint density at radius 3 is 2.50 bits per heavy atom. The zero-order valence-electron chi connectivity index (χ0n) is 18.8. The lowest BCUT2D eigenvalue weighted by atomic mass is 9.98. The van der Waals surface area contributed by atoms with E-state index in [9.17, 15) is 9.90 Å². The fourth-order valence-electron chi connectivity index (χ4n) is 3.45. The van der Waals surface area contributed by atoms with Gasteiger partial charge in [0.15, 0.2) is 0 Å². The van der Waals surface area contributed by atoms with Crippen LogP contribution in [0.4, 0.5) is 0 Å². The van der Waals surface area contributed by atoms with Crippen LogP contribution in [0.3, 0.4) is 0 Å². The molecule has 0 saturated heterocycles. The number of pyridine rings is 1. The topological polar surface area (TPSA) is 68.7 Å². The SMILES string of the molecule is CCCc1nc(Cc2cccc(Oc3ccccc3)c2)c(C)c(/C=C/C(=O)OCC)c1O. The molecule has 5 nitrogen and oxygen atoms in total. The Morgan fingerprint density at radius 2 is 1.78 bits per heavy atom. The minimum absolute atomic E-state index is 0.120. The van der Waals surface area contributed by atoms with Gasteiger partial charge >= 0.3 is 5.97 Å². The predicted molar refractivity (Wildman–Crippen MR) is 126 cm³/mol. The van der Waals surface area contributed by atoms with Crippen LogP contribution < -0.4 is 4.74 Å². The third kappa shape index (κ3) is 5.97. The zero-order chi connectivity index (χ0) is 22.9. The number of ether oxygens (including phenoxy) is 2. The van der Waals surface area contributed by atoms with Gasteiger partial charge in [0.2, 0.25) is 0 Å². The lowest BCUT2D eigenvalue weighted by molar-refractivity contribution is -0.137. The fourth-order valence-corrected chi connectivity index (χ4v) is 3.45. The van der Waals surface area contributed by atoms with Gasteiger partial charge in [-0.3, -0.25) is 4.98 Å². The lowest BCUT2D eigenvalue weighted by Gasteiger charge is -2.15. The summed E-state index contributed by atoms with van der Waals surface area (Å²) in [5.41, 5.74) is 3.96. The molecule has 0 atom stereocenters. The average molecular weight is 432 g/mol. The molecule has 32 heavy (non-hydrogen) atoms. The largest absolute Gasteiger partial charge is 0.505 e. The Hall–Kier alpha value is -3.60. The van der Waals surface area contributed by atoms with Crippen LogP contribution in [-0.2, 0) is 22.4 Å². The maximum absolute atomic E-state index is 11.8. The Labute approximate surface area is 189 Å². The summed E-state index contributed by atoms with van der Waals surface area (Å²) >= 11 is 0. The van der Waals surface area contributed by atoms with Crippen molar-refractivity contribution in [2.45, 2.75) is 40.0 Å². The number of aromatic hydroxyl groups is 1. The quantitative estimate of drug-likeness (QED) is 0.332. The molecule has 3 rings (SSSR count). The van der Waals surface area contributed by atoms with E-state index in [0.717, 1.165) is 34.7 Å². The first-order chi connectivity index (χ1) is 15.5. The molecular weight excluding hydrogens is 402 g/mol. The Morgan fingerprint density at radius 1 is 1.03 bits per heavy atom. The standard InChI is InChI=1S/C27H29NO4/c1-4-10-24-27(30)23(15-16-26(29)31-5-2)19(3)25(28-24)18-20-11-9-14-22(17-20)32-21-12-7-6-8-13-21/h6-9,11-17,30H,4-5,10,18H2,1-3H3/b16-15+. The van der Waals surface area contributed by atoms with Gasteiger partial charge in [-0.2, -0.15) is 0 Å². The van der Waals surface area contributed by atoms with Crippen LogP contribution in [0.1, 0.15) is 48.3 Å². The number of nitrogens with zero attached hydrogens (tertiary/aromatic N) is 1. The van der Waals surface area contributed by atoms with Crippen LogP contribution in [0.2, 0.25) is 0 Å². The summed E-state index contributed by atoms with van der Waals surface area (Å²) in [4.78, 5) is 16.5. The van der Waals surface area contributed by atoms with E-state index in [-0.39, 0.29) is 5.75 Å². The van der Waals surface area contributed by atoms with Crippen molar-refractivity contribution in [2.75, 3.05) is 6.61 Å². The first-order valence-electron chi connectivity index (χ1n) is 10.9. The number of carbonyl (C=O) groups excluding carboxylic acids is 1. The molecule has 3 aromatic rings.